The van der Waals surface area contributed by atoms with Crippen molar-refractivity contribution in [3.8, 4) is 17.0 Å². The zero-order valence-corrected chi connectivity index (χ0v) is 11.9. The molecule has 0 aliphatic rings. The van der Waals surface area contributed by atoms with Gasteiger partial charge in [0, 0.05) is 10.5 Å². The van der Waals surface area contributed by atoms with Crippen molar-refractivity contribution in [2.24, 2.45) is 0 Å². The number of rotatable bonds is 3. The monoisotopic (exact) mass is 365 g/mol. The summed E-state index contributed by atoms with van der Waals surface area (Å²) in [5, 5.41) is 12.3. The quantitative estimate of drug-likeness (QED) is 0.894. The van der Waals surface area contributed by atoms with E-state index in [0.717, 1.165) is 18.2 Å². The van der Waals surface area contributed by atoms with Gasteiger partial charge >= 0.3 is 12.1 Å². The van der Waals surface area contributed by atoms with Crippen molar-refractivity contribution in [3.05, 3.63) is 34.0 Å². The standard InChI is InChI=1S/C12H7BrF3NO4/c1-20-8-3-5(12(14,15)16)2-6(13)10(8)7-4-9(11(18)19)21-17-7/h2-4H,1H3,(H,18,19). The molecule has 0 aliphatic carbocycles. The van der Waals surface area contributed by atoms with Gasteiger partial charge in [-0.1, -0.05) is 5.16 Å². The van der Waals surface area contributed by atoms with Crippen molar-refractivity contribution < 1.29 is 32.3 Å². The third-order valence-corrected chi connectivity index (χ3v) is 3.20. The third-order valence-electron chi connectivity index (χ3n) is 2.58. The predicted molar refractivity (Wildman–Crippen MR) is 68.2 cm³/mol. The first-order valence-electron chi connectivity index (χ1n) is 5.39. The summed E-state index contributed by atoms with van der Waals surface area (Å²) < 4.78 is 47.8. The molecule has 1 aromatic heterocycles. The first kappa shape index (κ1) is 15.4. The lowest BCUT2D eigenvalue weighted by Crippen LogP contribution is -2.06. The van der Waals surface area contributed by atoms with E-state index in [-0.39, 0.29) is 21.5 Å². The minimum atomic E-state index is -4.54. The van der Waals surface area contributed by atoms with Crippen LogP contribution in [0.15, 0.2) is 27.2 Å². The molecule has 0 fully saturated rings. The molecule has 0 aliphatic heterocycles. The molecule has 1 N–H and O–H groups in total. The second kappa shape index (κ2) is 5.40. The SMILES string of the molecule is COc1cc(C(F)(F)F)cc(Br)c1-c1cc(C(=O)O)on1. The van der Waals surface area contributed by atoms with Crippen LogP contribution in [0.25, 0.3) is 11.3 Å². The van der Waals surface area contributed by atoms with E-state index in [1.807, 2.05) is 0 Å². The highest BCUT2D eigenvalue weighted by Gasteiger charge is 2.33. The molecule has 0 atom stereocenters. The second-order valence-corrected chi connectivity index (χ2v) is 4.77. The summed E-state index contributed by atoms with van der Waals surface area (Å²) in [6.45, 7) is 0. The predicted octanol–water partition coefficient (Wildman–Crippen LogP) is 3.83. The highest BCUT2D eigenvalue weighted by molar-refractivity contribution is 9.10. The molecule has 9 heteroatoms. The molecule has 1 heterocycles. The number of methoxy groups -OCH3 is 1. The molecular weight excluding hydrogens is 359 g/mol. The number of halogens is 4. The van der Waals surface area contributed by atoms with E-state index in [1.54, 1.807) is 0 Å². The fourth-order valence-corrected chi connectivity index (χ4v) is 2.29. The van der Waals surface area contributed by atoms with Gasteiger partial charge in [0.05, 0.1) is 18.2 Å². The zero-order chi connectivity index (χ0) is 15.8. The number of carboxylic acids is 1. The lowest BCUT2D eigenvalue weighted by molar-refractivity contribution is -0.137. The Morgan fingerprint density at radius 3 is 2.52 bits per heavy atom. The maximum Gasteiger partial charge on any atom is 0.416 e. The van der Waals surface area contributed by atoms with E-state index in [4.69, 9.17) is 9.84 Å². The molecule has 0 amide bonds. The fraction of sp³-hybridized carbons (Fsp3) is 0.167. The molecule has 21 heavy (non-hydrogen) atoms. The van der Waals surface area contributed by atoms with Gasteiger partial charge in [-0.05, 0) is 28.1 Å². The molecule has 0 radical (unpaired) electrons. The molecule has 0 bridgehead atoms. The Kier molecular flexibility index (Phi) is 3.95. The first-order chi connectivity index (χ1) is 9.74. The molecule has 0 saturated heterocycles. The summed E-state index contributed by atoms with van der Waals surface area (Å²) in [4.78, 5) is 10.7. The van der Waals surface area contributed by atoms with Gasteiger partial charge in [-0.2, -0.15) is 13.2 Å². The zero-order valence-electron chi connectivity index (χ0n) is 10.4. The Morgan fingerprint density at radius 1 is 1.38 bits per heavy atom. The van der Waals surface area contributed by atoms with Crippen molar-refractivity contribution >= 4 is 21.9 Å². The summed E-state index contributed by atoms with van der Waals surface area (Å²) in [5.74, 6) is -1.88. The van der Waals surface area contributed by atoms with Gasteiger partial charge < -0.3 is 14.4 Å². The molecule has 0 saturated carbocycles. The number of carbonyl (C=O) groups is 1. The lowest BCUT2D eigenvalue weighted by Gasteiger charge is -2.13. The smallest absolute Gasteiger partial charge is 0.416 e. The van der Waals surface area contributed by atoms with E-state index in [0.29, 0.717) is 0 Å². The number of benzene rings is 1. The maximum atomic E-state index is 12.7. The van der Waals surface area contributed by atoms with E-state index in [9.17, 15) is 18.0 Å². The molecule has 2 aromatic rings. The average molecular weight is 366 g/mol. The van der Waals surface area contributed by atoms with Crippen LogP contribution in [0.1, 0.15) is 16.1 Å². The molecule has 0 unspecified atom stereocenters. The maximum absolute atomic E-state index is 12.7. The number of aromatic nitrogens is 1. The van der Waals surface area contributed by atoms with Crippen LogP contribution in [0.5, 0.6) is 5.75 Å². The van der Waals surface area contributed by atoms with E-state index in [1.165, 1.54) is 7.11 Å². The number of alkyl halides is 3. The topological polar surface area (TPSA) is 72.6 Å². The van der Waals surface area contributed by atoms with Crippen LogP contribution >= 0.6 is 15.9 Å². The lowest BCUT2D eigenvalue weighted by atomic mass is 10.1. The van der Waals surface area contributed by atoms with Crippen LogP contribution in [0, 0.1) is 0 Å². The molecule has 112 valence electrons. The Hall–Kier alpha value is -2.03. The Morgan fingerprint density at radius 2 is 2.05 bits per heavy atom. The van der Waals surface area contributed by atoms with Gasteiger partial charge in [-0.3, -0.25) is 0 Å². The van der Waals surface area contributed by atoms with Gasteiger partial charge in [0.1, 0.15) is 11.4 Å². The van der Waals surface area contributed by atoms with Crippen LogP contribution < -0.4 is 4.74 Å². The number of nitrogens with zero attached hydrogens (tertiary/aromatic N) is 1. The number of hydrogen-bond donors (Lipinski definition) is 1. The van der Waals surface area contributed by atoms with E-state index >= 15 is 0 Å². The largest absolute Gasteiger partial charge is 0.496 e. The summed E-state index contributed by atoms with van der Waals surface area (Å²) >= 11 is 3.01. The number of aromatic carboxylic acids is 1. The summed E-state index contributed by atoms with van der Waals surface area (Å²) in [6, 6.07) is 2.75. The average Bonchev–Trinajstić information content (AvgIpc) is 2.85. The van der Waals surface area contributed by atoms with Crippen molar-refractivity contribution in [2.75, 3.05) is 7.11 Å². The van der Waals surface area contributed by atoms with Crippen molar-refractivity contribution in [3.63, 3.8) is 0 Å². The minimum Gasteiger partial charge on any atom is -0.496 e. The van der Waals surface area contributed by atoms with Crippen LogP contribution in [0.3, 0.4) is 0 Å². The highest BCUT2D eigenvalue weighted by atomic mass is 79.9. The van der Waals surface area contributed by atoms with Gasteiger partial charge in [-0.25, -0.2) is 4.79 Å². The Bertz CT molecular complexity index is 696. The normalized spacial score (nSPS) is 11.5. The molecule has 2 rings (SSSR count). The third kappa shape index (κ3) is 3.02. The van der Waals surface area contributed by atoms with Gasteiger partial charge in [0.25, 0.3) is 0 Å². The fourth-order valence-electron chi connectivity index (χ4n) is 1.65. The van der Waals surface area contributed by atoms with Crippen LogP contribution in [-0.2, 0) is 6.18 Å². The van der Waals surface area contributed by atoms with Gasteiger partial charge in [0.2, 0.25) is 5.76 Å². The van der Waals surface area contributed by atoms with E-state index < -0.39 is 23.5 Å². The number of carboxylic acid groups (broad SMARTS) is 1. The molecule has 0 spiro atoms. The van der Waals surface area contributed by atoms with Crippen molar-refractivity contribution in [2.45, 2.75) is 6.18 Å². The number of ether oxygens (including phenoxy) is 1. The van der Waals surface area contributed by atoms with Crippen LogP contribution in [0.4, 0.5) is 13.2 Å². The Balaban J connectivity index is 2.60. The summed E-state index contributed by atoms with van der Waals surface area (Å²) in [5.41, 5.74) is -0.691. The van der Waals surface area contributed by atoms with Crippen LogP contribution in [-0.4, -0.2) is 23.3 Å². The molecular formula is C12H7BrF3NO4. The van der Waals surface area contributed by atoms with Crippen molar-refractivity contribution in [1.82, 2.24) is 5.16 Å². The van der Waals surface area contributed by atoms with E-state index in [2.05, 4.69) is 25.6 Å². The number of hydrogen-bond acceptors (Lipinski definition) is 4. The Labute approximate surface area is 124 Å². The first-order valence-corrected chi connectivity index (χ1v) is 6.18. The van der Waals surface area contributed by atoms with Crippen molar-refractivity contribution in [1.29, 1.82) is 0 Å². The highest BCUT2D eigenvalue weighted by Crippen LogP contribution is 2.41. The van der Waals surface area contributed by atoms with Gasteiger partial charge in [-0.15, -0.1) is 0 Å². The van der Waals surface area contributed by atoms with Gasteiger partial charge in [0.15, 0.2) is 0 Å². The second-order valence-electron chi connectivity index (χ2n) is 3.91. The molecule has 5 nitrogen and oxygen atoms in total. The molecule has 1 aromatic carbocycles. The minimum absolute atomic E-state index is 0.0462. The summed E-state index contributed by atoms with van der Waals surface area (Å²) in [7, 11) is 1.20. The summed E-state index contributed by atoms with van der Waals surface area (Å²) in [6.07, 6.45) is -4.54. The van der Waals surface area contributed by atoms with Crippen LogP contribution in [0.2, 0.25) is 0 Å².